The van der Waals surface area contributed by atoms with Crippen molar-refractivity contribution < 1.29 is 18.7 Å². The number of ether oxygens (including phenoxy) is 1. The SMILES string of the molecule is Cc1ncoc1C(=O)N1CC[C@H]2COCC(=O)N(C)[C@H]2C1. The quantitative estimate of drug-likeness (QED) is 0.744. The van der Waals surface area contributed by atoms with Gasteiger partial charge in [-0.15, -0.1) is 0 Å². The molecule has 2 saturated heterocycles. The van der Waals surface area contributed by atoms with Crippen LogP contribution < -0.4 is 0 Å². The van der Waals surface area contributed by atoms with E-state index in [0.717, 1.165) is 6.42 Å². The van der Waals surface area contributed by atoms with Crippen molar-refractivity contribution >= 4 is 11.8 Å². The fourth-order valence-electron chi connectivity index (χ4n) is 3.03. The number of likely N-dealkylation sites (N-methyl/N-ethyl adjacent to an activating group) is 1. The Kier molecular flexibility index (Phi) is 3.67. The first-order valence-electron chi connectivity index (χ1n) is 7.10. The number of piperidine rings is 1. The minimum atomic E-state index is -0.158. The Bertz CT molecular complexity index is 556. The molecule has 21 heavy (non-hydrogen) atoms. The van der Waals surface area contributed by atoms with Crippen LogP contribution in [0.25, 0.3) is 0 Å². The summed E-state index contributed by atoms with van der Waals surface area (Å²) in [6.07, 6.45) is 2.10. The van der Waals surface area contributed by atoms with Gasteiger partial charge in [-0.2, -0.15) is 0 Å². The summed E-state index contributed by atoms with van der Waals surface area (Å²) in [4.78, 5) is 31.8. The number of oxazole rings is 1. The average Bonchev–Trinajstić information content (AvgIpc) is 2.86. The third-order valence-corrected chi connectivity index (χ3v) is 4.40. The number of carbonyl (C=O) groups is 2. The molecule has 2 amide bonds. The van der Waals surface area contributed by atoms with Gasteiger partial charge >= 0.3 is 0 Å². The molecule has 2 atom stereocenters. The maximum atomic E-state index is 12.5. The lowest BCUT2D eigenvalue weighted by molar-refractivity contribution is -0.134. The number of carbonyl (C=O) groups excluding carboxylic acids is 2. The lowest BCUT2D eigenvalue weighted by atomic mass is 9.91. The van der Waals surface area contributed by atoms with Crippen LogP contribution in [0.1, 0.15) is 22.7 Å². The Morgan fingerprint density at radius 1 is 1.48 bits per heavy atom. The van der Waals surface area contributed by atoms with E-state index in [1.165, 1.54) is 6.39 Å². The molecule has 2 aliphatic heterocycles. The number of likely N-dealkylation sites (tertiary alicyclic amines) is 1. The molecule has 0 radical (unpaired) electrons. The lowest BCUT2D eigenvalue weighted by Crippen LogP contribution is -2.54. The zero-order chi connectivity index (χ0) is 15.0. The minimum absolute atomic E-state index is 0.000859. The minimum Gasteiger partial charge on any atom is -0.438 e. The Hall–Kier alpha value is -1.89. The van der Waals surface area contributed by atoms with Crippen LogP contribution in [0.4, 0.5) is 0 Å². The molecule has 7 nitrogen and oxygen atoms in total. The van der Waals surface area contributed by atoms with Crippen LogP contribution in [0.3, 0.4) is 0 Å². The predicted octanol–water partition coefficient (Wildman–Crippen LogP) is 0.302. The van der Waals surface area contributed by atoms with Gasteiger partial charge in [-0.25, -0.2) is 4.98 Å². The molecular weight excluding hydrogens is 274 g/mol. The summed E-state index contributed by atoms with van der Waals surface area (Å²) < 4.78 is 10.6. The maximum Gasteiger partial charge on any atom is 0.291 e. The monoisotopic (exact) mass is 293 g/mol. The van der Waals surface area contributed by atoms with Crippen molar-refractivity contribution in [1.82, 2.24) is 14.8 Å². The lowest BCUT2D eigenvalue weighted by Gasteiger charge is -2.40. The Labute approximate surface area is 122 Å². The third kappa shape index (κ3) is 2.53. The normalized spacial score (nSPS) is 26.5. The van der Waals surface area contributed by atoms with Crippen LogP contribution in [0.2, 0.25) is 0 Å². The van der Waals surface area contributed by atoms with E-state index in [-0.39, 0.29) is 36.1 Å². The van der Waals surface area contributed by atoms with E-state index >= 15 is 0 Å². The summed E-state index contributed by atoms with van der Waals surface area (Å²) in [7, 11) is 1.78. The molecule has 0 saturated carbocycles. The molecule has 1 aromatic rings. The second kappa shape index (κ2) is 5.48. The molecule has 7 heteroatoms. The van der Waals surface area contributed by atoms with Gasteiger partial charge in [-0.3, -0.25) is 9.59 Å². The topological polar surface area (TPSA) is 75.9 Å². The van der Waals surface area contributed by atoms with Crippen LogP contribution in [-0.2, 0) is 9.53 Å². The highest BCUT2D eigenvalue weighted by Gasteiger charge is 2.38. The number of aromatic nitrogens is 1. The van der Waals surface area contributed by atoms with E-state index in [1.807, 2.05) is 0 Å². The van der Waals surface area contributed by atoms with Crippen LogP contribution in [-0.4, -0.2) is 66.0 Å². The number of hydrogen-bond acceptors (Lipinski definition) is 5. The first-order valence-corrected chi connectivity index (χ1v) is 7.10. The summed E-state index contributed by atoms with van der Waals surface area (Å²) in [5, 5.41) is 0. The van der Waals surface area contributed by atoms with Crippen LogP contribution in [0, 0.1) is 12.8 Å². The summed E-state index contributed by atoms with van der Waals surface area (Å²) in [6, 6.07) is 0.000859. The van der Waals surface area contributed by atoms with Gasteiger partial charge in [-0.05, 0) is 13.3 Å². The molecule has 2 aliphatic rings. The number of amides is 2. The van der Waals surface area contributed by atoms with E-state index in [4.69, 9.17) is 9.15 Å². The summed E-state index contributed by atoms with van der Waals surface area (Å²) >= 11 is 0. The van der Waals surface area contributed by atoms with Gasteiger partial charge in [-0.1, -0.05) is 0 Å². The molecule has 1 aromatic heterocycles. The number of nitrogens with zero attached hydrogens (tertiary/aromatic N) is 3. The molecule has 114 valence electrons. The van der Waals surface area contributed by atoms with Gasteiger partial charge in [0, 0.05) is 26.1 Å². The van der Waals surface area contributed by atoms with Crippen molar-refractivity contribution in [3.63, 3.8) is 0 Å². The number of fused-ring (bicyclic) bond motifs is 1. The first-order chi connectivity index (χ1) is 10.1. The van der Waals surface area contributed by atoms with Gasteiger partial charge in [0.15, 0.2) is 6.39 Å². The van der Waals surface area contributed by atoms with Gasteiger partial charge in [0.25, 0.3) is 5.91 Å². The Morgan fingerprint density at radius 2 is 2.29 bits per heavy atom. The molecule has 3 heterocycles. The number of aryl methyl sites for hydroxylation is 1. The highest BCUT2D eigenvalue weighted by Crippen LogP contribution is 2.26. The van der Waals surface area contributed by atoms with E-state index in [9.17, 15) is 9.59 Å². The highest BCUT2D eigenvalue weighted by molar-refractivity contribution is 5.92. The van der Waals surface area contributed by atoms with Crippen molar-refractivity contribution in [3.8, 4) is 0 Å². The van der Waals surface area contributed by atoms with Gasteiger partial charge in [0.1, 0.15) is 6.61 Å². The largest absolute Gasteiger partial charge is 0.438 e. The number of hydrogen-bond donors (Lipinski definition) is 0. The molecule has 0 aromatic carbocycles. The van der Waals surface area contributed by atoms with Crippen molar-refractivity contribution in [2.24, 2.45) is 5.92 Å². The molecule has 0 aliphatic carbocycles. The van der Waals surface area contributed by atoms with E-state index < -0.39 is 0 Å². The molecule has 0 spiro atoms. The Morgan fingerprint density at radius 3 is 3.00 bits per heavy atom. The molecule has 0 bridgehead atoms. The van der Waals surface area contributed by atoms with Crippen molar-refractivity contribution in [2.45, 2.75) is 19.4 Å². The van der Waals surface area contributed by atoms with E-state index in [1.54, 1.807) is 23.8 Å². The smallest absolute Gasteiger partial charge is 0.291 e. The van der Waals surface area contributed by atoms with Gasteiger partial charge < -0.3 is 19.0 Å². The van der Waals surface area contributed by atoms with Crippen LogP contribution in [0.15, 0.2) is 10.8 Å². The van der Waals surface area contributed by atoms with Crippen LogP contribution >= 0.6 is 0 Å². The highest BCUT2D eigenvalue weighted by atomic mass is 16.5. The van der Waals surface area contributed by atoms with Crippen molar-refractivity contribution in [1.29, 1.82) is 0 Å². The maximum absolute atomic E-state index is 12.5. The summed E-state index contributed by atoms with van der Waals surface area (Å²) in [5.41, 5.74) is 0.593. The van der Waals surface area contributed by atoms with Crippen LogP contribution in [0.5, 0.6) is 0 Å². The second-order valence-electron chi connectivity index (χ2n) is 5.65. The molecule has 2 fully saturated rings. The average molecular weight is 293 g/mol. The van der Waals surface area contributed by atoms with Gasteiger partial charge in [0.05, 0.1) is 18.3 Å². The van der Waals surface area contributed by atoms with Crippen molar-refractivity contribution in [2.75, 3.05) is 33.4 Å². The molecule has 3 rings (SSSR count). The molecule has 0 N–H and O–H groups in total. The Balaban J connectivity index is 1.77. The summed E-state index contributed by atoms with van der Waals surface area (Å²) in [6.45, 7) is 3.60. The standard InChI is InChI=1S/C14H19N3O4/c1-9-13(21-8-15-9)14(19)17-4-3-10-6-20-7-12(18)16(2)11(10)5-17/h8,10-11H,3-7H2,1-2H3/t10-,11-/m0/s1. The van der Waals surface area contributed by atoms with E-state index in [0.29, 0.717) is 25.4 Å². The van der Waals surface area contributed by atoms with Gasteiger partial charge in [0.2, 0.25) is 11.7 Å². The second-order valence-corrected chi connectivity index (χ2v) is 5.65. The fraction of sp³-hybridized carbons (Fsp3) is 0.643. The third-order valence-electron chi connectivity index (χ3n) is 4.40. The molecule has 0 unspecified atom stereocenters. The predicted molar refractivity (Wildman–Crippen MR) is 72.6 cm³/mol. The zero-order valence-corrected chi connectivity index (χ0v) is 12.2. The summed E-state index contributed by atoms with van der Waals surface area (Å²) in [5.74, 6) is 0.371. The number of rotatable bonds is 1. The zero-order valence-electron chi connectivity index (χ0n) is 12.2. The van der Waals surface area contributed by atoms with Crippen molar-refractivity contribution in [3.05, 3.63) is 17.8 Å². The first kappa shape index (κ1) is 14.1. The molecular formula is C14H19N3O4. The van der Waals surface area contributed by atoms with E-state index in [2.05, 4.69) is 4.98 Å². The fourth-order valence-corrected chi connectivity index (χ4v) is 3.03.